The molecule has 1 aromatic carbocycles. The van der Waals surface area contributed by atoms with E-state index in [0.29, 0.717) is 16.0 Å². The highest BCUT2D eigenvalue weighted by Gasteiger charge is 2.26. The van der Waals surface area contributed by atoms with Crippen molar-refractivity contribution in [2.75, 3.05) is 5.32 Å². The Morgan fingerprint density at radius 1 is 1.19 bits per heavy atom. The lowest BCUT2D eigenvalue weighted by molar-refractivity contribution is 0.0991. The second-order valence-corrected chi connectivity index (χ2v) is 10.9. The molecule has 0 aliphatic heterocycles. The van der Waals surface area contributed by atoms with Gasteiger partial charge in [-0.3, -0.25) is 4.79 Å². The minimum atomic E-state index is -3.86. The number of sulfonamides is 1. The molecule has 9 heteroatoms. The molecule has 1 aromatic heterocycles. The summed E-state index contributed by atoms with van der Waals surface area (Å²) in [5, 5.41) is 3.21. The van der Waals surface area contributed by atoms with Gasteiger partial charge in [0.1, 0.15) is 0 Å². The van der Waals surface area contributed by atoms with E-state index in [2.05, 4.69) is 10.0 Å². The first-order valence-electron chi connectivity index (χ1n) is 8.29. The Hall–Kier alpha value is -1.48. The second kappa shape index (κ2) is 8.26. The predicted molar refractivity (Wildman–Crippen MR) is 109 cm³/mol. The molecule has 0 unspecified atom stereocenters. The summed E-state index contributed by atoms with van der Waals surface area (Å²) in [5.74, 6) is -0.662. The smallest absolute Gasteiger partial charge is 0.291 e. The maximum atomic E-state index is 12.5. The van der Waals surface area contributed by atoms with Crippen molar-refractivity contribution in [2.24, 2.45) is 0 Å². The van der Waals surface area contributed by atoms with E-state index in [0.717, 1.165) is 4.90 Å². The molecule has 2 rings (SSSR count). The normalized spacial score (nSPS) is 12.4. The molecule has 2 aromatic rings. The van der Waals surface area contributed by atoms with Crippen molar-refractivity contribution in [1.29, 1.82) is 0 Å². The lowest BCUT2D eigenvalue weighted by atomic mass is 10.1. The van der Waals surface area contributed by atoms with E-state index >= 15 is 0 Å². The number of furan rings is 1. The monoisotopic (exact) mass is 430 g/mol. The highest BCUT2D eigenvalue weighted by Crippen LogP contribution is 2.33. The fourth-order valence-electron chi connectivity index (χ4n) is 2.18. The van der Waals surface area contributed by atoms with Gasteiger partial charge in [-0.05, 0) is 51.1 Å². The summed E-state index contributed by atoms with van der Waals surface area (Å²) in [6.07, 6.45) is 0. The van der Waals surface area contributed by atoms with Crippen LogP contribution < -0.4 is 10.0 Å². The molecule has 0 aliphatic carbocycles. The molecule has 0 radical (unpaired) electrons. The lowest BCUT2D eigenvalue weighted by Gasteiger charge is -2.19. The van der Waals surface area contributed by atoms with Gasteiger partial charge in [-0.25, -0.2) is 13.1 Å². The van der Waals surface area contributed by atoms with Gasteiger partial charge in [0.25, 0.3) is 15.9 Å². The molecule has 1 amide bonds. The molecule has 148 valence electrons. The number of rotatable bonds is 6. The molecule has 0 saturated heterocycles. The van der Waals surface area contributed by atoms with Gasteiger partial charge >= 0.3 is 0 Å². The molecular weight excluding hydrogens is 408 g/mol. The van der Waals surface area contributed by atoms with Crippen molar-refractivity contribution in [2.45, 2.75) is 55.4 Å². The van der Waals surface area contributed by atoms with E-state index in [1.165, 1.54) is 12.1 Å². The molecule has 1 heterocycles. The first kappa shape index (κ1) is 21.8. The first-order chi connectivity index (χ1) is 12.4. The third-order valence-electron chi connectivity index (χ3n) is 3.06. The number of thioether (sulfide) groups is 1. The zero-order valence-corrected chi connectivity index (χ0v) is 18.2. The molecule has 0 spiro atoms. The summed E-state index contributed by atoms with van der Waals surface area (Å²) in [5.41, 5.74) is -0.127. The van der Waals surface area contributed by atoms with Crippen LogP contribution in [0, 0.1) is 0 Å². The van der Waals surface area contributed by atoms with Crippen LogP contribution in [0.15, 0.2) is 44.7 Å². The average Bonchev–Trinajstić information content (AvgIpc) is 2.98. The van der Waals surface area contributed by atoms with Gasteiger partial charge in [-0.1, -0.05) is 25.4 Å². The number of amides is 1. The number of benzene rings is 1. The Balaban J connectivity index is 2.24. The van der Waals surface area contributed by atoms with Gasteiger partial charge in [0.2, 0.25) is 5.09 Å². The fraction of sp³-hybridized carbons (Fsp3) is 0.389. The SMILES string of the molecule is CC(C)Sc1ccc(Cl)cc1NC(=O)c1ccc(S(=O)(=O)NC(C)(C)C)o1. The largest absolute Gasteiger partial charge is 0.438 e. The number of carbonyl (C=O) groups excluding carboxylic acids is 1. The lowest BCUT2D eigenvalue weighted by Crippen LogP contribution is -2.40. The number of hydrogen-bond donors (Lipinski definition) is 2. The fourth-order valence-corrected chi connectivity index (χ4v) is 4.60. The molecule has 0 atom stereocenters. The van der Waals surface area contributed by atoms with Crippen LogP contribution in [0.25, 0.3) is 0 Å². The summed E-state index contributed by atoms with van der Waals surface area (Å²) >= 11 is 7.61. The highest BCUT2D eigenvalue weighted by molar-refractivity contribution is 8.00. The third kappa shape index (κ3) is 6.27. The van der Waals surface area contributed by atoms with Crippen molar-refractivity contribution < 1.29 is 17.6 Å². The van der Waals surface area contributed by atoms with Crippen LogP contribution in [0.4, 0.5) is 5.69 Å². The number of halogens is 1. The summed E-state index contributed by atoms with van der Waals surface area (Å²) in [7, 11) is -3.86. The number of anilines is 1. The summed E-state index contributed by atoms with van der Waals surface area (Å²) < 4.78 is 32.4. The van der Waals surface area contributed by atoms with Gasteiger partial charge in [0.05, 0.1) is 5.69 Å². The third-order valence-corrected chi connectivity index (χ3v) is 6.01. The molecule has 27 heavy (non-hydrogen) atoms. The predicted octanol–water partition coefficient (Wildman–Crippen LogP) is 4.76. The van der Waals surface area contributed by atoms with E-state index < -0.39 is 21.5 Å². The zero-order chi connectivity index (χ0) is 20.4. The van der Waals surface area contributed by atoms with Crippen LogP contribution in [-0.2, 0) is 10.0 Å². The van der Waals surface area contributed by atoms with E-state index in [9.17, 15) is 13.2 Å². The first-order valence-corrected chi connectivity index (χ1v) is 11.0. The van der Waals surface area contributed by atoms with Crippen molar-refractivity contribution in [3.05, 3.63) is 41.1 Å². The standard InChI is InChI=1S/C18H23ClN2O4S2/c1-11(2)26-15-8-6-12(19)10-13(15)20-17(22)14-7-9-16(25-14)27(23,24)21-18(3,4)5/h6-11,21H,1-5H3,(H,20,22). The van der Waals surface area contributed by atoms with E-state index in [4.69, 9.17) is 16.0 Å². The van der Waals surface area contributed by atoms with Gasteiger partial charge < -0.3 is 9.73 Å². The minimum absolute atomic E-state index is 0.107. The number of carbonyl (C=O) groups is 1. The maximum absolute atomic E-state index is 12.5. The molecule has 2 N–H and O–H groups in total. The van der Waals surface area contributed by atoms with Gasteiger partial charge in [-0.15, -0.1) is 11.8 Å². The van der Waals surface area contributed by atoms with Crippen LogP contribution in [0.5, 0.6) is 0 Å². The Labute approximate surface area is 169 Å². The minimum Gasteiger partial charge on any atom is -0.438 e. The molecule has 0 saturated carbocycles. The molecule has 6 nitrogen and oxygen atoms in total. The van der Waals surface area contributed by atoms with Crippen LogP contribution in [-0.4, -0.2) is 25.1 Å². The van der Waals surface area contributed by atoms with Gasteiger partial charge in [0, 0.05) is 20.7 Å². The quantitative estimate of drug-likeness (QED) is 0.645. The molecule has 0 aliphatic rings. The maximum Gasteiger partial charge on any atom is 0.291 e. The Morgan fingerprint density at radius 3 is 2.44 bits per heavy atom. The number of hydrogen-bond acceptors (Lipinski definition) is 5. The van der Waals surface area contributed by atoms with Gasteiger partial charge in [-0.2, -0.15) is 0 Å². The zero-order valence-electron chi connectivity index (χ0n) is 15.8. The summed E-state index contributed by atoms with van der Waals surface area (Å²) in [4.78, 5) is 13.4. The van der Waals surface area contributed by atoms with Crippen molar-refractivity contribution >= 4 is 45.0 Å². The average molecular weight is 431 g/mol. The van der Waals surface area contributed by atoms with E-state index in [1.54, 1.807) is 44.7 Å². The summed E-state index contributed by atoms with van der Waals surface area (Å²) in [6.45, 7) is 9.23. The van der Waals surface area contributed by atoms with Crippen LogP contribution in [0.2, 0.25) is 5.02 Å². The summed E-state index contributed by atoms with van der Waals surface area (Å²) in [6, 6.07) is 7.80. The molecular formula is C18H23ClN2O4S2. The Morgan fingerprint density at radius 2 is 1.85 bits per heavy atom. The topological polar surface area (TPSA) is 88.4 Å². The highest BCUT2D eigenvalue weighted by atomic mass is 35.5. The van der Waals surface area contributed by atoms with E-state index in [-0.39, 0.29) is 10.9 Å². The molecule has 0 fully saturated rings. The van der Waals surface area contributed by atoms with E-state index in [1.807, 2.05) is 19.9 Å². The van der Waals surface area contributed by atoms with Gasteiger partial charge in [0.15, 0.2) is 5.76 Å². The van der Waals surface area contributed by atoms with Crippen LogP contribution >= 0.6 is 23.4 Å². The van der Waals surface area contributed by atoms with Crippen LogP contribution in [0.1, 0.15) is 45.2 Å². The van der Waals surface area contributed by atoms with Crippen LogP contribution in [0.3, 0.4) is 0 Å². The van der Waals surface area contributed by atoms with Crippen molar-refractivity contribution in [1.82, 2.24) is 4.72 Å². The van der Waals surface area contributed by atoms with Crippen molar-refractivity contribution in [3.63, 3.8) is 0 Å². The number of nitrogens with one attached hydrogen (secondary N) is 2. The van der Waals surface area contributed by atoms with Crippen molar-refractivity contribution in [3.8, 4) is 0 Å². The Bertz CT molecular complexity index is 931. The second-order valence-electron chi connectivity index (χ2n) is 7.24. The Kier molecular flexibility index (Phi) is 6.68. The molecule has 0 bridgehead atoms.